The topological polar surface area (TPSA) is 83.7 Å². The van der Waals surface area contributed by atoms with Crippen molar-refractivity contribution in [2.45, 2.75) is 70.1 Å². The highest BCUT2D eigenvalue weighted by molar-refractivity contribution is 5.75. The summed E-state index contributed by atoms with van der Waals surface area (Å²) in [6, 6.07) is 38.9. The summed E-state index contributed by atoms with van der Waals surface area (Å²) in [5.74, 6) is -0.419. The number of nitrogens with zero attached hydrogens (tertiary/aromatic N) is 1. The smallest absolute Gasteiger partial charge is 0.243 e. The Morgan fingerprint density at radius 3 is 2.27 bits per heavy atom. The second-order valence-corrected chi connectivity index (χ2v) is 13.0. The number of amides is 1. The van der Waals surface area contributed by atoms with Crippen molar-refractivity contribution in [2.24, 2.45) is 0 Å². The lowest BCUT2D eigenvalue weighted by Gasteiger charge is -2.30. The predicted molar refractivity (Wildman–Crippen MR) is 194 cm³/mol. The Morgan fingerprint density at radius 2 is 1.51 bits per heavy atom. The number of rotatable bonds is 17. The first-order chi connectivity index (χ1) is 24.0. The number of benzene rings is 4. The van der Waals surface area contributed by atoms with Crippen molar-refractivity contribution in [3.63, 3.8) is 0 Å². The maximum absolute atomic E-state index is 12.2. The first-order valence-corrected chi connectivity index (χ1v) is 17.4. The normalized spacial score (nSPS) is 12.5. The van der Waals surface area contributed by atoms with E-state index < -0.39 is 11.5 Å². The van der Waals surface area contributed by atoms with Gasteiger partial charge in [-0.15, -0.1) is 0 Å². The molecule has 0 radical (unpaired) electrons. The summed E-state index contributed by atoms with van der Waals surface area (Å²) in [4.78, 5) is 11.9. The van der Waals surface area contributed by atoms with Crippen LogP contribution in [0.3, 0.4) is 0 Å². The third kappa shape index (κ3) is 8.65. The van der Waals surface area contributed by atoms with Crippen molar-refractivity contribution in [1.82, 2.24) is 10.0 Å². The fourth-order valence-corrected chi connectivity index (χ4v) is 7.03. The number of aryl methyl sites for hydroxylation is 1. The lowest BCUT2D eigenvalue weighted by molar-refractivity contribution is -0.129. The summed E-state index contributed by atoms with van der Waals surface area (Å²) in [5.41, 5.74) is 11.0. The third-order valence-corrected chi connectivity index (χ3v) is 9.67. The number of aliphatic hydroxyl groups is 1. The predicted octanol–water partition coefficient (Wildman–Crippen LogP) is 8.17. The zero-order valence-corrected chi connectivity index (χ0v) is 28.1. The van der Waals surface area contributed by atoms with Crippen LogP contribution < -0.4 is 5.48 Å². The molecule has 1 amide bonds. The molecule has 1 aliphatic rings. The van der Waals surface area contributed by atoms with E-state index in [2.05, 4.69) is 71.4 Å². The molecule has 252 valence electrons. The number of aromatic nitrogens is 1. The van der Waals surface area contributed by atoms with E-state index in [0.717, 1.165) is 65.8 Å². The largest absolute Gasteiger partial charge is 0.380 e. The summed E-state index contributed by atoms with van der Waals surface area (Å²) < 4.78 is 8.32. The van der Waals surface area contributed by atoms with Gasteiger partial charge in [0.25, 0.3) is 0 Å². The van der Waals surface area contributed by atoms with Crippen LogP contribution in [0.2, 0.25) is 0 Å². The van der Waals surface area contributed by atoms with E-state index in [0.29, 0.717) is 32.4 Å². The lowest BCUT2D eigenvalue weighted by atomic mass is 9.82. The van der Waals surface area contributed by atoms with E-state index >= 15 is 0 Å². The summed E-state index contributed by atoms with van der Waals surface area (Å²) in [5, 5.41) is 21.3. The molecule has 1 aliphatic carbocycles. The lowest BCUT2D eigenvalue weighted by Crippen LogP contribution is -2.28. The zero-order chi connectivity index (χ0) is 33.9. The number of hydroxylamine groups is 1. The van der Waals surface area contributed by atoms with Crippen LogP contribution in [0.15, 0.2) is 128 Å². The van der Waals surface area contributed by atoms with Crippen molar-refractivity contribution in [1.29, 1.82) is 0 Å². The molecule has 0 spiro atoms. The Morgan fingerprint density at radius 1 is 0.796 bits per heavy atom. The molecule has 0 aliphatic heterocycles. The minimum atomic E-state index is -1.19. The first-order valence-electron chi connectivity index (χ1n) is 17.4. The number of unbranched alkanes of at least 4 members (excludes halogenated alkanes) is 1. The number of nitrogens with one attached hydrogen (secondary N) is 1. The fraction of sp³-hybridized carbons (Fsp3) is 0.279. The molecular formula is C43H46N2O4. The highest BCUT2D eigenvalue weighted by Gasteiger charge is 2.31. The third-order valence-electron chi connectivity index (χ3n) is 9.67. The summed E-state index contributed by atoms with van der Waals surface area (Å²) in [7, 11) is 0. The van der Waals surface area contributed by atoms with Crippen LogP contribution in [0.1, 0.15) is 76.7 Å². The molecule has 6 heteroatoms. The molecule has 0 fully saturated rings. The van der Waals surface area contributed by atoms with Crippen LogP contribution in [-0.2, 0) is 47.5 Å². The van der Waals surface area contributed by atoms with Gasteiger partial charge in [-0.2, -0.15) is 0 Å². The average molecular weight is 655 g/mol. The molecule has 3 N–H and O–H groups in total. The quantitative estimate of drug-likeness (QED) is 0.0537. The molecule has 1 aromatic heterocycles. The van der Waals surface area contributed by atoms with E-state index in [9.17, 15) is 9.90 Å². The van der Waals surface area contributed by atoms with Gasteiger partial charge in [-0.05, 0) is 95.5 Å². The second-order valence-electron chi connectivity index (χ2n) is 13.0. The van der Waals surface area contributed by atoms with Gasteiger partial charge >= 0.3 is 0 Å². The van der Waals surface area contributed by atoms with Crippen LogP contribution in [0.4, 0.5) is 0 Å². The molecule has 49 heavy (non-hydrogen) atoms. The number of carbonyl (C=O) groups excluding carboxylic acids is 1. The number of hydrogen-bond acceptors (Lipinski definition) is 4. The highest BCUT2D eigenvalue weighted by Crippen LogP contribution is 2.35. The van der Waals surface area contributed by atoms with E-state index in [4.69, 9.17) is 9.94 Å². The number of hydrogen-bond donors (Lipinski definition) is 3. The fourth-order valence-electron chi connectivity index (χ4n) is 7.03. The monoisotopic (exact) mass is 654 g/mol. The molecule has 0 atom stereocenters. The van der Waals surface area contributed by atoms with Crippen molar-refractivity contribution in [3.05, 3.63) is 172 Å². The first kappa shape index (κ1) is 34.1. The Bertz CT molecular complexity index is 1800. The average Bonchev–Trinajstić information content (AvgIpc) is 3.75. The van der Waals surface area contributed by atoms with Crippen molar-refractivity contribution in [3.8, 4) is 0 Å². The Balaban J connectivity index is 1.10. The van der Waals surface area contributed by atoms with Gasteiger partial charge in [0.2, 0.25) is 5.91 Å². The molecule has 0 bridgehead atoms. The summed E-state index contributed by atoms with van der Waals surface area (Å²) in [6.07, 6.45) is 10.4. The van der Waals surface area contributed by atoms with Gasteiger partial charge in [-0.25, -0.2) is 5.48 Å². The SMILES string of the molecule is O=C(CCc1ccn(Cc2cccc(COCCCCC3=CCc4ccccc43)c2)c1CCC(O)(c1ccccc1)c1ccccc1)NO. The summed E-state index contributed by atoms with van der Waals surface area (Å²) in [6.45, 7) is 1.96. The number of ether oxygens (including phenoxy) is 1. The Labute approximate surface area is 289 Å². The number of carbonyl (C=O) groups is 1. The van der Waals surface area contributed by atoms with Crippen molar-refractivity contribution in [2.75, 3.05) is 6.61 Å². The maximum atomic E-state index is 12.2. The van der Waals surface area contributed by atoms with Crippen LogP contribution in [0.5, 0.6) is 0 Å². The molecule has 5 aromatic rings. The summed E-state index contributed by atoms with van der Waals surface area (Å²) >= 11 is 0. The van der Waals surface area contributed by atoms with Gasteiger partial charge < -0.3 is 14.4 Å². The van der Waals surface area contributed by atoms with Gasteiger partial charge in [-0.1, -0.05) is 115 Å². The molecule has 0 saturated carbocycles. The molecule has 1 heterocycles. The second kappa shape index (κ2) is 16.6. The van der Waals surface area contributed by atoms with Gasteiger partial charge in [0.15, 0.2) is 0 Å². The molecule has 0 saturated heterocycles. The maximum Gasteiger partial charge on any atom is 0.243 e. The van der Waals surface area contributed by atoms with Crippen LogP contribution in [0, 0.1) is 0 Å². The number of fused-ring (bicyclic) bond motifs is 1. The Kier molecular flexibility index (Phi) is 11.5. The molecule has 0 unspecified atom stereocenters. The standard InChI is InChI=1S/C43H46N2O4/c46-42(44-48)24-23-37-26-28-45(41(37)25-27-43(47,38-16-3-1-4-17-38)39-18-5-2-6-19-39)31-33-12-11-13-34(30-33)32-49-29-10-9-15-36-22-21-35-14-7-8-20-40(35)36/h1-8,11-14,16-20,22,26,28,30,47-48H,9-10,15,21,23-25,27,29,31-32H2,(H,44,46). The van der Waals surface area contributed by atoms with Crippen molar-refractivity contribution < 1.29 is 19.8 Å². The van der Waals surface area contributed by atoms with Crippen LogP contribution in [-0.4, -0.2) is 27.4 Å². The zero-order valence-electron chi connectivity index (χ0n) is 28.1. The molecule has 4 aromatic carbocycles. The van der Waals surface area contributed by atoms with Crippen LogP contribution >= 0.6 is 0 Å². The van der Waals surface area contributed by atoms with Gasteiger partial charge in [0.05, 0.1) is 6.61 Å². The minimum absolute atomic E-state index is 0.173. The van der Waals surface area contributed by atoms with E-state index in [-0.39, 0.29) is 6.42 Å². The Hall–Kier alpha value is -4.75. The molecular weight excluding hydrogens is 608 g/mol. The van der Waals surface area contributed by atoms with E-state index in [1.807, 2.05) is 60.7 Å². The van der Waals surface area contributed by atoms with Gasteiger partial charge in [0.1, 0.15) is 5.60 Å². The van der Waals surface area contributed by atoms with Crippen LogP contribution in [0.25, 0.3) is 5.57 Å². The highest BCUT2D eigenvalue weighted by atomic mass is 16.5. The van der Waals surface area contributed by atoms with E-state index in [1.165, 1.54) is 16.7 Å². The van der Waals surface area contributed by atoms with Crippen molar-refractivity contribution >= 4 is 11.5 Å². The van der Waals surface area contributed by atoms with Gasteiger partial charge in [0, 0.05) is 31.5 Å². The minimum Gasteiger partial charge on any atom is -0.380 e. The molecule has 6 nitrogen and oxygen atoms in total. The number of allylic oxidation sites excluding steroid dienone is 2. The van der Waals surface area contributed by atoms with Gasteiger partial charge in [-0.3, -0.25) is 10.0 Å². The van der Waals surface area contributed by atoms with E-state index in [1.54, 1.807) is 5.48 Å². The molecule has 6 rings (SSSR count).